The Hall–Kier alpha value is -1.57. The number of aromatic nitrogens is 2. The number of nitrogens with zero attached hydrogens (tertiary/aromatic N) is 3. The van der Waals surface area contributed by atoms with Crippen LogP contribution in [0.2, 0.25) is 0 Å². The Morgan fingerprint density at radius 2 is 2.40 bits per heavy atom. The van der Waals surface area contributed by atoms with Crippen molar-refractivity contribution >= 4 is 22.6 Å². The second kappa shape index (κ2) is 5.43. The topological polar surface area (TPSA) is 50.8 Å². The van der Waals surface area contributed by atoms with E-state index >= 15 is 0 Å². The van der Waals surface area contributed by atoms with Crippen LogP contribution in [0.3, 0.4) is 0 Å². The third-order valence-corrected chi connectivity index (χ3v) is 3.90. The molecular formula is C15H16ClN3O. The SMILES string of the molecule is CC(Cl)c1nc2ccc(C#N)cc2n1C1CCCOC1. The molecule has 0 bridgehead atoms. The van der Waals surface area contributed by atoms with Crippen molar-refractivity contribution in [1.29, 1.82) is 5.26 Å². The molecule has 20 heavy (non-hydrogen) atoms. The minimum Gasteiger partial charge on any atom is -0.379 e. The van der Waals surface area contributed by atoms with Gasteiger partial charge in [-0.05, 0) is 38.0 Å². The van der Waals surface area contributed by atoms with Gasteiger partial charge in [0.2, 0.25) is 0 Å². The van der Waals surface area contributed by atoms with E-state index in [0.717, 1.165) is 36.3 Å². The summed E-state index contributed by atoms with van der Waals surface area (Å²) in [6.07, 6.45) is 2.09. The minimum atomic E-state index is -0.171. The van der Waals surface area contributed by atoms with E-state index in [9.17, 15) is 0 Å². The Morgan fingerprint density at radius 3 is 3.05 bits per heavy atom. The maximum atomic E-state index is 9.08. The highest BCUT2D eigenvalue weighted by atomic mass is 35.5. The fraction of sp³-hybridized carbons (Fsp3) is 0.467. The molecule has 5 heteroatoms. The van der Waals surface area contributed by atoms with Crippen LogP contribution in [-0.2, 0) is 4.74 Å². The lowest BCUT2D eigenvalue weighted by atomic mass is 10.1. The molecule has 0 saturated carbocycles. The van der Waals surface area contributed by atoms with Gasteiger partial charge >= 0.3 is 0 Å². The Bertz CT molecular complexity index is 666. The zero-order valence-corrected chi connectivity index (χ0v) is 12.1. The van der Waals surface area contributed by atoms with Crippen LogP contribution in [-0.4, -0.2) is 22.8 Å². The third-order valence-electron chi connectivity index (χ3n) is 3.70. The Balaban J connectivity index is 2.19. The van der Waals surface area contributed by atoms with Crippen molar-refractivity contribution in [3.63, 3.8) is 0 Å². The van der Waals surface area contributed by atoms with Gasteiger partial charge in [-0.1, -0.05) is 0 Å². The average molecular weight is 290 g/mol. The number of nitriles is 1. The maximum absolute atomic E-state index is 9.08. The van der Waals surface area contributed by atoms with Crippen molar-refractivity contribution in [1.82, 2.24) is 9.55 Å². The predicted molar refractivity (Wildman–Crippen MR) is 77.8 cm³/mol. The van der Waals surface area contributed by atoms with Gasteiger partial charge in [0, 0.05) is 6.61 Å². The molecule has 1 aromatic heterocycles. The molecule has 0 N–H and O–H groups in total. The molecule has 2 unspecified atom stereocenters. The molecule has 1 aliphatic heterocycles. The maximum Gasteiger partial charge on any atom is 0.128 e. The van der Waals surface area contributed by atoms with Gasteiger partial charge in [0.05, 0.1) is 40.7 Å². The third kappa shape index (κ3) is 2.28. The summed E-state index contributed by atoms with van der Waals surface area (Å²) in [5.41, 5.74) is 2.50. The number of ether oxygens (including phenoxy) is 1. The molecule has 0 amide bonds. The first-order valence-electron chi connectivity index (χ1n) is 6.84. The summed E-state index contributed by atoms with van der Waals surface area (Å²) in [6.45, 7) is 3.42. The van der Waals surface area contributed by atoms with Crippen LogP contribution in [0.1, 0.15) is 42.6 Å². The van der Waals surface area contributed by atoms with Gasteiger partial charge < -0.3 is 9.30 Å². The summed E-state index contributed by atoms with van der Waals surface area (Å²) in [5, 5.41) is 8.91. The van der Waals surface area contributed by atoms with E-state index in [1.165, 1.54) is 0 Å². The fourth-order valence-corrected chi connectivity index (χ4v) is 2.93. The zero-order chi connectivity index (χ0) is 14.1. The molecule has 3 rings (SSSR count). The number of benzene rings is 1. The molecule has 2 atom stereocenters. The van der Waals surface area contributed by atoms with Crippen LogP contribution in [0.4, 0.5) is 0 Å². The number of fused-ring (bicyclic) bond motifs is 1. The molecule has 4 nitrogen and oxygen atoms in total. The monoisotopic (exact) mass is 289 g/mol. The first-order valence-corrected chi connectivity index (χ1v) is 7.28. The van der Waals surface area contributed by atoms with E-state index in [1.54, 1.807) is 6.07 Å². The second-order valence-corrected chi connectivity index (χ2v) is 5.80. The molecule has 2 aromatic rings. The summed E-state index contributed by atoms with van der Waals surface area (Å²) in [4.78, 5) is 4.63. The molecule has 1 aromatic carbocycles. The first-order chi connectivity index (χ1) is 9.70. The summed E-state index contributed by atoms with van der Waals surface area (Å²) in [7, 11) is 0. The Morgan fingerprint density at radius 1 is 1.55 bits per heavy atom. The average Bonchev–Trinajstić information content (AvgIpc) is 2.86. The number of halogens is 1. The molecule has 1 saturated heterocycles. The van der Waals surface area contributed by atoms with Crippen LogP contribution >= 0.6 is 11.6 Å². The number of alkyl halides is 1. The molecule has 0 spiro atoms. The quantitative estimate of drug-likeness (QED) is 0.794. The highest BCUT2D eigenvalue weighted by Gasteiger charge is 2.23. The van der Waals surface area contributed by atoms with Gasteiger partial charge in [0.1, 0.15) is 5.82 Å². The Labute approximate surface area is 122 Å². The van der Waals surface area contributed by atoms with Gasteiger partial charge in [0.15, 0.2) is 0 Å². The molecule has 1 aliphatic rings. The van der Waals surface area contributed by atoms with Crippen LogP contribution in [0.25, 0.3) is 11.0 Å². The standard InChI is InChI=1S/C15H16ClN3O/c1-10(16)15-18-13-5-4-11(8-17)7-14(13)19(15)12-3-2-6-20-9-12/h4-5,7,10,12H,2-3,6,9H2,1H3. The van der Waals surface area contributed by atoms with Crippen LogP contribution in [0.15, 0.2) is 18.2 Å². The van der Waals surface area contributed by atoms with Gasteiger partial charge in [-0.3, -0.25) is 0 Å². The zero-order valence-electron chi connectivity index (χ0n) is 11.3. The number of hydrogen-bond donors (Lipinski definition) is 0. The number of imidazole rings is 1. The molecule has 104 valence electrons. The van der Waals surface area contributed by atoms with Crippen molar-refractivity contribution in [3.8, 4) is 6.07 Å². The summed E-state index contributed by atoms with van der Waals surface area (Å²) in [6, 6.07) is 8.00. The van der Waals surface area contributed by atoms with Crippen molar-refractivity contribution in [2.24, 2.45) is 0 Å². The minimum absolute atomic E-state index is 0.171. The molecule has 1 fully saturated rings. The van der Waals surface area contributed by atoms with E-state index in [2.05, 4.69) is 15.6 Å². The lowest BCUT2D eigenvalue weighted by Gasteiger charge is -2.26. The van der Waals surface area contributed by atoms with E-state index < -0.39 is 0 Å². The molecular weight excluding hydrogens is 274 g/mol. The van der Waals surface area contributed by atoms with Gasteiger partial charge in [-0.25, -0.2) is 4.98 Å². The number of rotatable bonds is 2. The normalized spacial score (nSPS) is 20.8. The number of hydrogen-bond acceptors (Lipinski definition) is 3. The largest absolute Gasteiger partial charge is 0.379 e. The van der Waals surface area contributed by atoms with E-state index in [-0.39, 0.29) is 11.4 Å². The summed E-state index contributed by atoms with van der Waals surface area (Å²) < 4.78 is 7.75. The van der Waals surface area contributed by atoms with Crippen molar-refractivity contribution < 1.29 is 4.74 Å². The second-order valence-electron chi connectivity index (χ2n) is 5.14. The van der Waals surface area contributed by atoms with Gasteiger partial charge in [0.25, 0.3) is 0 Å². The molecule has 0 aliphatic carbocycles. The predicted octanol–water partition coefficient (Wildman–Crippen LogP) is 3.56. The Kier molecular flexibility index (Phi) is 3.64. The first kappa shape index (κ1) is 13.4. The highest BCUT2D eigenvalue weighted by Crippen LogP contribution is 2.31. The van der Waals surface area contributed by atoms with Crippen molar-refractivity contribution in [2.75, 3.05) is 13.2 Å². The summed E-state index contributed by atoms with van der Waals surface area (Å²) >= 11 is 6.28. The van der Waals surface area contributed by atoms with Crippen molar-refractivity contribution in [3.05, 3.63) is 29.6 Å². The lowest BCUT2D eigenvalue weighted by Crippen LogP contribution is -2.23. The van der Waals surface area contributed by atoms with Crippen LogP contribution < -0.4 is 0 Å². The molecule has 2 heterocycles. The van der Waals surface area contributed by atoms with E-state index in [0.29, 0.717) is 12.2 Å². The fourth-order valence-electron chi connectivity index (χ4n) is 2.77. The van der Waals surface area contributed by atoms with E-state index in [1.807, 2.05) is 19.1 Å². The summed E-state index contributed by atoms with van der Waals surface area (Å²) in [5.74, 6) is 0.854. The van der Waals surface area contributed by atoms with Crippen LogP contribution in [0.5, 0.6) is 0 Å². The van der Waals surface area contributed by atoms with Crippen molar-refractivity contribution in [2.45, 2.75) is 31.2 Å². The van der Waals surface area contributed by atoms with Gasteiger partial charge in [-0.2, -0.15) is 5.26 Å². The molecule has 0 radical (unpaired) electrons. The lowest BCUT2D eigenvalue weighted by molar-refractivity contribution is 0.0595. The van der Waals surface area contributed by atoms with Crippen LogP contribution in [0, 0.1) is 11.3 Å². The van der Waals surface area contributed by atoms with Gasteiger partial charge in [-0.15, -0.1) is 11.6 Å². The smallest absolute Gasteiger partial charge is 0.128 e. The highest BCUT2D eigenvalue weighted by molar-refractivity contribution is 6.20. The van der Waals surface area contributed by atoms with E-state index in [4.69, 9.17) is 21.6 Å².